The molecule has 0 saturated heterocycles. The summed E-state index contributed by atoms with van der Waals surface area (Å²) in [6, 6.07) is 18.6. The summed E-state index contributed by atoms with van der Waals surface area (Å²) < 4.78 is 0. The maximum Gasteiger partial charge on any atom is 0.303 e. The Hall–Kier alpha value is -3.64. The summed E-state index contributed by atoms with van der Waals surface area (Å²) in [4.78, 5) is 73.3. The van der Waals surface area contributed by atoms with Crippen molar-refractivity contribution in [1.82, 2.24) is 10.6 Å². The van der Waals surface area contributed by atoms with Crippen molar-refractivity contribution in [2.24, 2.45) is 11.8 Å². The lowest BCUT2D eigenvalue weighted by Gasteiger charge is -2.17. The molecule has 2 unspecified atom stereocenters. The van der Waals surface area contributed by atoms with Crippen molar-refractivity contribution in [3.63, 3.8) is 0 Å². The Morgan fingerprint density at radius 2 is 0.932 bits per heavy atom. The molecule has 2 amide bonds. The van der Waals surface area contributed by atoms with E-state index in [2.05, 4.69) is 10.6 Å². The van der Waals surface area contributed by atoms with Gasteiger partial charge >= 0.3 is 11.9 Å². The van der Waals surface area contributed by atoms with E-state index in [0.29, 0.717) is 11.5 Å². The zero-order valence-corrected chi connectivity index (χ0v) is 26.2. The third kappa shape index (κ3) is 15.2. The van der Waals surface area contributed by atoms with Crippen molar-refractivity contribution in [3.05, 3.63) is 71.8 Å². The Morgan fingerprint density at radius 3 is 1.27 bits per heavy atom. The number of aliphatic carboxylic acids is 2. The van der Waals surface area contributed by atoms with Gasteiger partial charge < -0.3 is 20.8 Å². The van der Waals surface area contributed by atoms with Gasteiger partial charge in [-0.3, -0.25) is 28.8 Å². The van der Waals surface area contributed by atoms with Gasteiger partial charge in [-0.25, -0.2) is 0 Å². The van der Waals surface area contributed by atoms with E-state index >= 15 is 0 Å². The number of nitrogens with one attached hydrogen (secondary N) is 2. The highest BCUT2D eigenvalue weighted by Crippen LogP contribution is 2.27. The average Bonchev–Trinajstić information content (AvgIpc) is 3.00. The summed E-state index contributed by atoms with van der Waals surface area (Å²) in [5, 5.41) is 23.4. The Morgan fingerprint density at radius 1 is 0.568 bits per heavy atom. The van der Waals surface area contributed by atoms with Gasteiger partial charge in [0.15, 0.2) is 0 Å². The predicted molar refractivity (Wildman–Crippen MR) is 171 cm³/mol. The largest absolute Gasteiger partial charge is 0.481 e. The lowest BCUT2D eigenvalue weighted by Crippen LogP contribution is -2.35. The van der Waals surface area contributed by atoms with Crippen LogP contribution in [0, 0.1) is 11.8 Å². The Bertz CT molecular complexity index is 1130. The van der Waals surface area contributed by atoms with Crippen LogP contribution in [0.3, 0.4) is 0 Å². The summed E-state index contributed by atoms with van der Waals surface area (Å²) in [5.74, 6) is -4.31. The number of carbonyl (C=O) groups is 6. The zero-order valence-electron chi connectivity index (χ0n) is 24.6. The second-order valence-corrected chi connectivity index (χ2v) is 12.9. The van der Waals surface area contributed by atoms with E-state index in [1.807, 2.05) is 60.7 Å². The SMILES string of the molecule is O=C(O)CCCC(=O)C(CCSSCCC(C(=O)CCCC(=O)O)C(=O)NCc1ccccc1)C(=O)NCc1ccccc1. The van der Waals surface area contributed by atoms with Crippen LogP contribution in [0.1, 0.15) is 62.5 Å². The number of rotatable bonds is 23. The molecule has 0 heterocycles. The number of benzene rings is 2. The highest BCUT2D eigenvalue weighted by Gasteiger charge is 2.27. The van der Waals surface area contributed by atoms with Crippen LogP contribution < -0.4 is 10.6 Å². The molecule has 0 aliphatic heterocycles. The first-order chi connectivity index (χ1) is 21.2. The molecule has 10 nitrogen and oxygen atoms in total. The quantitative estimate of drug-likeness (QED) is 0.0759. The molecule has 2 aromatic carbocycles. The molecule has 0 aliphatic carbocycles. The summed E-state index contributed by atoms with van der Waals surface area (Å²) in [6.07, 6.45) is 0.542. The van der Waals surface area contributed by atoms with E-state index in [1.54, 1.807) is 0 Å². The third-order valence-corrected chi connectivity index (χ3v) is 9.19. The maximum atomic E-state index is 12.9. The zero-order chi connectivity index (χ0) is 32.2. The van der Waals surface area contributed by atoms with Crippen LogP contribution in [-0.4, -0.2) is 57.0 Å². The van der Waals surface area contributed by atoms with Gasteiger partial charge in [0.2, 0.25) is 11.8 Å². The Labute approximate surface area is 265 Å². The number of Topliss-reactive ketones (excluding diaryl/α,β-unsaturated/α-hetero) is 2. The minimum Gasteiger partial charge on any atom is -0.481 e. The lowest BCUT2D eigenvalue weighted by atomic mass is 9.96. The predicted octanol–water partition coefficient (Wildman–Crippen LogP) is 4.66. The number of amides is 2. The number of carboxylic acid groups (broad SMARTS) is 2. The van der Waals surface area contributed by atoms with Gasteiger partial charge in [-0.1, -0.05) is 82.3 Å². The van der Waals surface area contributed by atoms with Gasteiger partial charge in [-0.05, 0) is 36.8 Å². The average molecular weight is 645 g/mol. The van der Waals surface area contributed by atoms with Crippen molar-refractivity contribution in [1.29, 1.82) is 0 Å². The maximum absolute atomic E-state index is 12.9. The fourth-order valence-electron chi connectivity index (χ4n) is 4.32. The molecule has 0 aromatic heterocycles. The molecule has 4 N–H and O–H groups in total. The molecule has 0 bridgehead atoms. The van der Waals surface area contributed by atoms with Crippen molar-refractivity contribution >= 4 is 56.9 Å². The minimum atomic E-state index is -0.998. The van der Waals surface area contributed by atoms with Crippen LogP contribution >= 0.6 is 21.6 Å². The molecule has 238 valence electrons. The monoisotopic (exact) mass is 644 g/mol. The van der Waals surface area contributed by atoms with Crippen LogP contribution in [0.5, 0.6) is 0 Å². The Balaban J connectivity index is 1.88. The van der Waals surface area contributed by atoms with Gasteiger partial charge in [0, 0.05) is 50.3 Å². The molecular formula is C32H40N2O8S2. The summed E-state index contributed by atoms with van der Waals surface area (Å²) in [5.41, 5.74) is 1.78. The number of carbonyl (C=O) groups excluding carboxylic acids is 4. The van der Waals surface area contributed by atoms with Gasteiger partial charge in [-0.15, -0.1) is 0 Å². The van der Waals surface area contributed by atoms with Crippen LogP contribution in [0.2, 0.25) is 0 Å². The molecule has 0 radical (unpaired) electrons. The third-order valence-electron chi connectivity index (χ3n) is 6.72. The topological polar surface area (TPSA) is 167 Å². The Kier molecular flexibility index (Phi) is 17.5. The standard InChI is InChI=1S/C32H40N2O8S2/c35-27(13-7-15-29(37)38)25(31(41)33-21-23-9-3-1-4-10-23)17-19-43-44-20-18-26(28(36)14-8-16-30(39)40)32(42)34-22-24-11-5-2-6-12-24/h1-6,9-12,25-26H,7-8,13-22H2,(H,33,41)(H,34,42)(H,37,38)(H,39,40). The van der Waals surface area contributed by atoms with Crippen LogP contribution in [-0.2, 0) is 41.9 Å². The second-order valence-electron chi connectivity index (χ2n) is 10.2. The van der Waals surface area contributed by atoms with Gasteiger partial charge in [-0.2, -0.15) is 0 Å². The molecule has 0 fully saturated rings. The van der Waals surface area contributed by atoms with Crippen LogP contribution in [0.25, 0.3) is 0 Å². The lowest BCUT2D eigenvalue weighted by molar-refractivity contribution is -0.139. The summed E-state index contributed by atoms with van der Waals surface area (Å²) in [7, 11) is 2.85. The highest BCUT2D eigenvalue weighted by atomic mass is 33.1. The van der Waals surface area contributed by atoms with Crippen molar-refractivity contribution in [2.75, 3.05) is 11.5 Å². The normalized spacial score (nSPS) is 12.1. The molecule has 44 heavy (non-hydrogen) atoms. The number of carboxylic acids is 2. The van der Waals surface area contributed by atoms with Crippen molar-refractivity contribution in [2.45, 2.75) is 64.5 Å². The van der Waals surface area contributed by atoms with E-state index in [-0.39, 0.29) is 76.0 Å². The number of hydrogen-bond donors (Lipinski definition) is 4. The fourth-order valence-corrected chi connectivity index (χ4v) is 6.50. The highest BCUT2D eigenvalue weighted by molar-refractivity contribution is 8.76. The first kappa shape index (κ1) is 36.6. The van der Waals surface area contributed by atoms with Crippen molar-refractivity contribution in [3.8, 4) is 0 Å². The molecule has 0 aliphatic rings. The van der Waals surface area contributed by atoms with Crippen LogP contribution in [0.15, 0.2) is 60.7 Å². The van der Waals surface area contributed by atoms with Gasteiger partial charge in [0.25, 0.3) is 0 Å². The first-order valence-corrected chi connectivity index (χ1v) is 17.0. The molecule has 2 atom stereocenters. The van der Waals surface area contributed by atoms with E-state index in [0.717, 1.165) is 11.1 Å². The van der Waals surface area contributed by atoms with E-state index < -0.39 is 35.6 Å². The smallest absolute Gasteiger partial charge is 0.303 e. The van der Waals surface area contributed by atoms with E-state index in [9.17, 15) is 28.8 Å². The molecule has 2 aromatic rings. The van der Waals surface area contributed by atoms with E-state index in [1.165, 1.54) is 21.6 Å². The first-order valence-electron chi connectivity index (χ1n) is 14.5. The van der Waals surface area contributed by atoms with E-state index in [4.69, 9.17) is 10.2 Å². The van der Waals surface area contributed by atoms with Gasteiger partial charge in [0.05, 0.1) is 11.8 Å². The summed E-state index contributed by atoms with van der Waals surface area (Å²) >= 11 is 0. The molecular weight excluding hydrogens is 604 g/mol. The summed E-state index contributed by atoms with van der Waals surface area (Å²) in [6.45, 7) is 0.545. The molecule has 0 saturated carbocycles. The molecule has 2 rings (SSSR count). The number of hydrogen-bond acceptors (Lipinski definition) is 8. The van der Waals surface area contributed by atoms with Crippen molar-refractivity contribution < 1.29 is 39.0 Å². The molecule has 0 spiro atoms. The molecule has 12 heteroatoms. The second kappa shape index (κ2) is 21.1. The number of ketones is 2. The van der Waals surface area contributed by atoms with Crippen LogP contribution in [0.4, 0.5) is 0 Å². The fraction of sp³-hybridized carbons (Fsp3) is 0.438. The minimum absolute atomic E-state index is 0.00268. The van der Waals surface area contributed by atoms with Gasteiger partial charge in [0.1, 0.15) is 11.6 Å².